The van der Waals surface area contributed by atoms with Crippen molar-refractivity contribution in [2.24, 2.45) is 0 Å². The van der Waals surface area contributed by atoms with E-state index in [9.17, 15) is 0 Å². The average Bonchev–Trinajstić information content (AvgIpc) is 2.70. The van der Waals surface area contributed by atoms with Crippen LogP contribution in [-0.4, -0.2) is 22.2 Å². The lowest BCUT2D eigenvalue weighted by Crippen LogP contribution is -2.17. The van der Waals surface area contributed by atoms with Crippen molar-refractivity contribution in [3.05, 3.63) is 33.9 Å². The van der Waals surface area contributed by atoms with Crippen molar-refractivity contribution in [2.75, 3.05) is 11.9 Å². The van der Waals surface area contributed by atoms with Gasteiger partial charge in [0.2, 0.25) is 5.28 Å². The molecular weight excluding hydrogens is 232 g/mol. The molecule has 0 atom stereocenters. The van der Waals surface area contributed by atoms with Gasteiger partial charge in [-0.2, -0.15) is 21.4 Å². The molecule has 2 rings (SSSR count). The van der Waals surface area contributed by atoms with Gasteiger partial charge < -0.3 is 4.90 Å². The Morgan fingerprint density at radius 1 is 1.53 bits per heavy atom. The molecule has 0 amide bonds. The molecule has 0 N–H and O–H groups in total. The van der Waals surface area contributed by atoms with E-state index in [4.69, 9.17) is 11.6 Å². The molecule has 0 aromatic carbocycles. The van der Waals surface area contributed by atoms with Gasteiger partial charge in [-0.15, -0.1) is 5.10 Å². The molecule has 0 saturated carbocycles. The summed E-state index contributed by atoms with van der Waals surface area (Å²) in [5, 5.41) is 11.7. The maximum absolute atomic E-state index is 5.66. The molecule has 6 heteroatoms. The molecule has 15 heavy (non-hydrogen) atoms. The topological polar surface area (TPSA) is 41.9 Å². The van der Waals surface area contributed by atoms with E-state index in [0.29, 0.717) is 0 Å². The first-order valence-electron chi connectivity index (χ1n) is 4.33. The van der Waals surface area contributed by atoms with Crippen molar-refractivity contribution in [3.8, 4) is 0 Å². The van der Waals surface area contributed by atoms with E-state index < -0.39 is 0 Å². The lowest BCUT2D eigenvalue weighted by molar-refractivity contribution is 0.864. The first-order valence-corrected chi connectivity index (χ1v) is 5.65. The zero-order chi connectivity index (χ0) is 10.7. The average molecular weight is 241 g/mol. The first-order chi connectivity index (χ1) is 7.25. The first kappa shape index (κ1) is 10.3. The van der Waals surface area contributed by atoms with Gasteiger partial charge in [-0.3, -0.25) is 0 Å². The van der Waals surface area contributed by atoms with Gasteiger partial charge in [0.25, 0.3) is 0 Å². The SMILES string of the molecule is CN(Cc1ccsc1)c1cnnc(Cl)n1. The molecular formula is C9H9ClN4S. The highest BCUT2D eigenvalue weighted by Gasteiger charge is 2.05. The molecule has 2 aromatic heterocycles. The third-order valence-corrected chi connectivity index (χ3v) is 2.80. The summed E-state index contributed by atoms with van der Waals surface area (Å²) >= 11 is 7.34. The van der Waals surface area contributed by atoms with Gasteiger partial charge >= 0.3 is 0 Å². The standard InChI is InChI=1S/C9H9ClN4S/c1-14(5-7-2-3-15-6-7)8-4-11-13-9(10)12-8/h2-4,6H,5H2,1H3. The number of anilines is 1. The predicted molar refractivity (Wildman–Crippen MR) is 61.3 cm³/mol. The summed E-state index contributed by atoms with van der Waals surface area (Å²) in [5.41, 5.74) is 1.25. The van der Waals surface area contributed by atoms with Crippen molar-refractivity contribution in [3.63, 3.8) is 0 Å². The molecule has 0 unspecified atom stereocenters. The third kappa shape index (κ3) is 2.64. The lowest BCUT2D eigenvalue weighted by atomic mass is 10.3. The number of hydrogen-bond acceptors (Lipinski definition) is 5. The Hall–Kier alpha value is -1.20. The Bertz CT molecular complexity index is 431. The van der Waals surface area contributed by atoms with Gasteiger partial charge in [0.15, 0.2) is 5.82 Å². The van der Waals surface area contributed by atoms with Gasteiger partial charge in [0, 0.05) is 13.6 Å². The Kier molecular flexibility index (Phi) is 3.13. The Labute approximate surface area is 96.5 Å². The highest BCUT2D eigenvalue weighted by atomic mass is 35.5. The molecule has 0 aliphatic heterocycles. The second kappa shape index (κ2) is 4.55. The maximum atomic E-state index is 5.66. The molecule has 2 heterocycles. The van der Waals surface area contributed by atoms with E-state index in [1.165, 1.54) is 5.56 Å². The summed E-state index contributed by atoms with van der Waals surface area (Å²) in [5.74, 6) is 0.723. The van der Waals surface area contributed by atoms with Gasteiger partial charge in [-0.1, -0.05) is 0 Å². The summed E-state index contributed by atoms with van der Waals surface area (Å²) in [4.78, 5) is 6.05. The normalized spacial score (nSPS) is 10.3. The Balaban J connectivity index is 2.11. The largest absolute Gasteiger partial charge is 0.354 e. The Morgan fingerprint density at radius 3 is 3.07 bits per heavy atom. The van der Waals surface area contributed by atoms with Crippen molar-refractivity contribution >= 4 is 28.8 Å². The summed E-state index contributed by atoms with van der Waals surface area (Å²) in [6.45, 7) is 0.790. The molecule has 0 fully saturated rings. The van der Waals surface area contributed by atoms with E-state index in [-0.39, 0.29) is 5.28 Å². The molecule has 0 spiro atoms. The minimum Gasteiger partial charge on any atom is -0.354 e. The van der Waals surface area contributed by atoms with E-state index >= 15 is 0 Å². The number of rotatable bonds is 3. The summed E-state index contributed by atoms with van der Waals surface area (Å²) < 4.78 is 0. The Morgan fingerprint density at radius 2 is 2.40 bits per heavy atom. The minimum absolute atomic E-state index is 0.171. The highest BCUT2D eigenvalue weighted by molar-refractivity contribution is 7.07. The van der Waals surface area contributed by atoms with Crippen LogP contribution in [0.2, 0.25) is 5.28 Å². The third-order valence-electron chi connectivity index (χ3n) is 1.91. The van der Waals surface area contributed by atoms with Crippen molar-refractivity contribution in [1.29, 1.82) is 0 Å². The number of hydrogen-bond donors (Lipinski definition) is 0. The zero-order valence-corrected chi connectivity index (χ0v) is 9.66. The van der Waals surface area contributed by atoms with Crippen LogP contribution >= 0.6 is 22.9 Å². The van der Waals surface area contributed by atoms with Crippen molar-refractivity contribution < 1.29 is 0 Å². The number of halogens is 1. The fraction of sp³-hybridized carbons (Fsp3) is 0.222. The number of aromatic nitrogens is 3. The van der Waals surface area contributed by atoms with Crippen LogP contribution in [-0.2, 0) is 6.54 Å². The summed E-state index contributed by atoms with van der Waals surface area (Å²) in [6.07, 6.45) is 1.60. The second-order valence-corrected chi connectivity index (χ2v) is 4.19. The smallest absolute Gasteiger partial charge is 0.244 e. The van der Waals surface area contributed by atoms with Gasteiger partial charge in [-0.25, -0.2) is 0 Å². The highest BCUT2D eigenvalue weighted by Crippen LogP contribution is 2.14. The number of nitrogens with zero attached hydrogens (tertiary/aromatic N) is 4. The monoisotopic (exact) mass is 240 g/mol. The van der Waals surface area contributed by atoms with Crippen LogP contribution in [0.25, 0.3) is 0 Å². The lowest BCUT2D eigenvalue weighted by Gasteiger charge is -2.16. The molecule has 0 saturated heterocycles. The van der Waals surface area contributed by atoms with Gasteiger partial charge in [0.05, 0.1) is 6.20 Å². The van der Waals surface area contributed by atoms with Crippen LogP contribution in [0.5, 0.6) is 0 Å². The van der Waals surface area contributed by atoms with Crippen LogP contribution < -0.4 is 4.90 Å². The maximum Gasteiger partial charge on any atom is 0.244 e. The summed E-state index contributed by atoms with van der Waals surface area (Å²) in [7, 11) is 1.94. The van der Waals surface area contributed by atoms with Crippen LogP contribution in [0.3, 0.4) is 0 Å². The van der Waals surface area contributed by atoms with Crippen molar-refractivity contribution in [2.45, 2.75) is 6.54 Å². The molecule has 0 radical (unpaired) electrons. The van der Waals surface area contributed by atoms with Crippen LogP contribution in [0.4, 0.5) is 5.82 Å². The fourth-order valence-corrected chi connectivity index (χ4v) is 1.99. The van der Waals surface area contributed by atoms with Gasteiger partial charge in [0.1, 0.15) is 0 Å². The minimum atomic E-state index is 0.171. The zero-order valence-electron chi connectivity index (χ0n) is 8.09. The summed E-state index contributed by atoms with van der Waals surface area (Å²) in [6, 6.07) is 2.08. The fourth-order valence-electron chi connectivity index (χ4n) is 1.20. The quantitative estimate of drug-likeness (QED) is 0.825. The van der Waals surface area contributed by atoms with E-state index in [0.717, 1.165) is 12.4 Å². The molecule has 78 valence electrons. The van der Waals surface area contributed by atoms with Crippen LogP contribution in [0.1, 0.15) is 5.56 Å². The van der Waals surface area contributed by atoms with Crippen LogP contribution in [0.15, 0.2) is 23.0 Å². The van der Waals surface area contributed by atoms with E-state index in [1.807, 2.05) is 17.3 Å². The molecule has 2 aromatic rings. The molecule has 0 aliphatic carbocycles. The van der Waals surface area contributed by atoms with Crippen molar-refractivity contribution in [1.82, 2.24) is 15.2 Å². The van der Waals surface area contributed by atoms with Gasteiger partial charge in [-0.05, 0) is 34.0 Å². The molecule has 0 aliphatic rings. The molecule has 4 nitrogen and oxygen atoms in total. The second-order valence-electron chi connectivity index (χ2n) is 3.07. The molecule has 0 bridgehead atoms. The van der Waals surface area contributed by atoms with E-state index in [1.54, 1.807) is 17.5 Å². The predicted octanol–water partition coefficient (Wildman–Crippen LogP) is 2.22. The van der Waals surface area contributed by atoms with E-state index in [2.05, 4.69) is 26.6 Å². The number of thiophene rings is 1. The van der Waals surface area contributed by atoms with Crippen LogP contribution in [0, 0.1) is 0 Å².